The van der Waals surface area contributed by atoms with Crippen molar-refractivity contribution in [3.63, 3.8) is 0 Å². The molecule has 16 heteroatoms. The van der Waals surface area contributed by atoms with Crippen LogP contribution >= 0.6 is 0 Å². The van der Waals surface area contributed by atoms with Gasteiger partial charge in [-0.15, -0.1) is 0 Å². The third kappa shape index (κ3) is 29.6. The smallest absolute Gasteiger partial charge is 0.407 e. The van der Waals surface area contributed by atoms with Gasteiger partial charge in [-0.2, -0.15) is 0 Å². The van der Waals surface area contributed by atoms with Gasteiger partial charge in [0, 0.05) is 45.2 Å². The highest BCUT2D eigenvalue weighted by Crippen LogP contribution is 2.64. The number of likely N-dealkylation sites (tertiary alicyclic amines) is 1. The minimum Gasteiger partial charge on any atom is -0.465 e. The van der Waals surface area contributed by atoms with Crippen molar-refractivity contribution < 1.29 is 66.7 Å². The summed E-state index contributed by atoms with van der Waals surface area (Å²) in [5.74, 6) is -2.58. The van der Waals surface area contributed by atoms with Crippen molar-refractivity contribution in [1.82, 2.24) is 10.2 Å². The number of amides is 1. The number of nitrogens with one attached hydrogen (secondary N) is 1. The van der Waals surface area contributed by atoms with Crippen molar-refractivity contribution in [3.05, 3.63) is 24.3 Å². The average Bonchev–Trinajstić information content (AvgIpc) is 3.66. The number of esters is 6. The number of carbonyl (C=O) groups is 7. The maximum Gasteiger partial charge on any atom is 0.407 e. The molecule has 0 aromatic rings. The number of carbonyl (C=O) groups excluding carboxylic acids is 7. The molecule has 2 saturated carbocycles. The van der Waals surface area contributed by atoms with Gasteiger partial charge in [-0.05, 0) is 135 Å². The van der Waals surface area contributed by atoms with Crippen LogP contribution in [0.4, 0.5) is 4.79 Å². The topological polar surface area (TPSA) is 199 Å². The van der Waals surface area contributed by atoms with E-state index in [0.717, 1.165) is 103 Å². The average molecular weight is 1060 g/mol. The second-order valence-electron chi connectivity index (χ2n) is 21.3. The lowest BCUT2D eigenvalue weighted by Gasteiger charge is -2.32. The van der Waals surface area contributed by atoms with Gasteiger partial charge in [-0.3, -0.25) is 28.8 Å². The molecule has 1 heterocycles. The molecule has 1 N–H and O–H groups in total. The monoisotopic (exact) mass is 1060 g/mol. The van der Waals surface area contributed by atoms with E-state index in [1.54, 1.807) is 0 Å². The summed E-state index contributed by atoms with van der Waals surface area (Å²) in [6.45, 7) is 8.73. The summed E-state index contributed by atoms with van der Waals surface area (Å²) >= 11 is 0. The Morgan fingerprint density at radius 1 is 0.547 bits per heavy atom. The lowest BCUT2D eigenvalue weighted by Crippen LogP contribution is -2.44. The fraction of sp³-hybridized carbons (Fsp3) is 0.814. The van der Waals surface area contributed by atoms with Crippen molar-refractivity contribution in [2.45, 2.75) is 226 Å². The van der Waals surface area contributed by atoms with Gasteiger partial charge in [0.25, 0.3) is 0 Å². The molecule has 1 aliphatic heterocycles. The van der Waals surface area contributed by atoms with E-state index in [4.69, 9.17) is 33.2 Å². The molecule has 3 atom stereocenters. The lowest BCUT2D eigenvalue weighted by atomic mass is 9.91. The summed E-state index contributed by atoms with van der Waals surface area (Å²) in [6.07, 6.45) is 29.5. The molecule has 428 valence electrons. The van der Waals surface area contributed by atoms with Crippen LogP contribution in [0.15, 0.2) is 24.3 Å². The van der Waals surface area contributed by atoms with Gasteiger partial charge < -0.3 is 43.4 Å². The maximum atomic E-state index is 13.7. The minimum absolute atomic E-state index is 0.0162. The highest BCUT2D eigenvalue weighted by Gasteiger charge is 2.63. The van der Waals surface area contributed by atoms with Crippen LogP contribution < -0.4 is 5.32 Å². The van der Waals surface area contributed by atoms with Crippen molar-refractivity contribution in [2.24, 2.45) is 16.7 Å². The Morgan fingerprint density at radius 2 is 1.03 bits per heavy atom. The molecule has 75 heavy (non-hydrogen) atoms. The van der Waals surface area contributed by atoms with E-state index in [2.05, 4.69) is 43.1 Å². The van der Waals surface area contributed by atoms with Crippen molar-refractivity contribution in [1.29, 1.82) is 0 Å². The summed E-state index contributed by atoms with van der Waals surface area (Å²) in [5, 5.41) is 2.86. The summed E-state index contributed by atoms with van der Waals surface area (Å²) in [5.41, 5.74) is -2.02. The largest absolute Gasteiger partial charge is 0.465 e. The zero-order valence-electron chi connectivity index (χ0n) is 46.6. The summed E-state index contributed by atoms with van der Waals surface area (Å²) in [7, 11) is 0. The molecule has 2 aliphatic carbocycles. The summed E-state index contributed by atoms with van der Waals surface area (Å²) in [6, 6.07) is 0. The van der Waals surface area contributed by atoms with Crippen LogP contribution in [0.3, 0.4) is 0 Å². The number of rotatable bonds is 45. The van der Waals surface area contributed by atoms with Gasteiger partial charge in [-0.25, -0.2) is 4.79 Å². The Morgan fingerprint density at radius 3 is 1.52 bits per heavy atom. The summed E-state index contributed by atoms with van der Waals surface area (Å²) in [4.78, 5) is 93.8. The molecule has 1 amide bonds. The maximum absolute atomic E-state index is 13.7. The lowest BCUT2D eigenvalue weighted by molar-refractivity contribution is -0.173. The molecule has 1 saturated heterocycles. The quantitative estimate of drug-likeness (QED) is 0.0261. The second kappa shape index (κ2) is 39.8. The number of fused-ring (bicyclic) bond motifs is 1. The Hall–Kier alpha value is -4.47. The zero-order chi connectivity index (χ0) is 54.3. The second-order valence-corrected chi connectivity index (χ2v) is 21.3. The van der Waals surface area contributed by atoms with Gasteiger partial charge >= 0.3 is 41.9 Å². The van der Waals surface area contributed by atoms with Gasteiger partial charge in [0.2, 0.25) is 0 Å². The molecule has 3 fully saturated rings. The van der Waals surface area contributed by atoms with Crippen LogP contribution in [0.5, 0.6) is 0 Å². The number of hydrogen-bond donors (Lipinski definition) is 1. The molecule has 3 aliphatic rings. The van der Waals surface area contributed by atoms with E-state index < -0.39 is 60.8 Å². The molecule has 0 aromatic carbocycles. The first-order chi connectivity index (χ1) is 36.4. The van der Waals surface area contributed by atoms with Crippen LogP contribution in [0.1, 0.15) is 220 Å². The minimum atomic E-state index is -1.47. The standard InChI is InChI=1S/C59H98N2O14/c1-4-7-10-13-15-17-26-42-69-51(62)31-20-22-33-53(64)71-45-58(48-74-56(67)59-37-28-29-49(59)44-59,46-72-54(65)34-23-21-32-52(63)70-43-27-18-16-14-11-8-5-2)47-73-55(66)36-35-50(30-19-12-9-6-3)75-57(68)60-38-41-61-39-24-25-40-61/h15-18,49-50H,4-14,19-48H2,1-3H3,(H,60,68)/b17-15-,18-16-. The van der Waals surface area contributed by atoms with Gasteiger partial charge in [-0.1, -0.05) is 96.4 Å². The predicted octanol–water partition coefficient (Wildman–Crippen LogP) is 11.5. The number of hydrogen-bond acceptors (Lipinski definition) is 15. The third-order valence-electron chi connectivity index (χ3n) is 14.6. The number of allylic oxidation sites excluding steroid dienone is 2. The Bertz CT molecular complexity index is 1650. The van der Waals surface area contributed by atoms with E-state index >= 15 is 0 Å². The first kappa shape index (κ1) is 64.8. The van der Waals surface area contributed by atoms with Crippen molar-refractivity contribution in [2.75, 3.05) is 65.8 Å². The van der Waals surface area contributed by atoms with E-state index in [-0.39, 0.29) is 69.0 Å². The van der Waals surface area contributed by atoms with Gasteiger partial charge in [0.15, 0.2) is 0 Å². The number of alkyl carbamates (subject to hydrolysis) is 1. The number of unbranched alkanes of at least 4 members (excludes halogenated alkanes) is 11. The Kier molecular flexibility index (Phi) is 34.4. The van der Waals surface area contributed by atoms with Crippen LogP contribution in [-0.4, -0.2) is 119 Å². The van der Waals surface area contributed by atoms with E-state index in [1.807, 2.05) is 12.2 Å². The highest BCUT2D eigenvalue weighted by molar-refractivity contribution is 5.81. The molecular formula is C59H98N2O14. The highest BCUT2D eigenvalue weighted by atomic mass is 16.6. The number of nitrogens with zero attached hydrogens (tertiary/aromatic N) is 1. The SMILES string of the molecule is CCCCC/C=C\CCOC(=O)CCCCC(=O)OCC(COC(=O)CCCCC(=O)OCC/C=C\CCCCC)(COC(=O)CCC(CCCCCC)OC(=O)NCCN1CCCC1)COC(=O)C12CCCC1C2. The van der Waals surface area contributed by atoms with Crippen LogP contribution in [0, 0.1) is 16.7 Å². The molecule has 16 nitrogen and oxygen atoms in total. The van der Waals surface area contributed by atoms with E-state index in [9.17, 15) is 33.6 Å². The molecular weight excluding hydrogens is 961 g/mol. The fourth-order valence-corrected chi connectivity index (χ4v) is 9.67. The van der Waals surface area contributed by atoms with E-state index in [1.165, 1.54) is 25.7 Å². The van der Waals surface area contributed by atoms with Crippen LogP contribution in [0.25, 0.3) is 0 Å². The van der Waals surface area contributed by atoms with Gasteiger partial charge in [0.05, 0.1) is 18.6 Å². The number of ether oxygens (including phenoxy) is 7. The van der Waals surface area contributed by atoms with E-state index in [0.29, 0.717) is 71.1 Å². The van der Waals surface area contributed by atoms with Crippen LogP contribution in [-0.2, 0) is 61.9 Å². The molecule has 0 spiro atoms. The molecule has 3 unspecified atom stereocenters. The van der Waals surface area contributed by atoms with Crippen molar-refractivity contribution >= 4 is 41.9 Å². The molecule has 3 rings (SSSR count). The normalized spacial score (nSPS) is 17.6. The fourth-order valence-electron chi connectivity index (χ4n) is 9.67. The third-order valence-corrected chi connectivity index (χ3v) is 14.6. The Labute approximate surface area is 450 Å². The predicted molar refractivity (Wildman–Crippen MR) is 287 cm³/mol. The molecule has 0 aromatic heterocycles. The first-order valence-electron chi connectivity index (χ1n) is 29.4. The molecule has 0 bridgehead atoms. The first-order valence-corrected chi connectivity index (χ1v) is 29.4. The summed E-state index contributed by atoms with van der Waals surface area (Å²) < 4.78 is 40.0. The van der Waals surface area contributed by atoms with Crippen LogP contribution in [0.2, 0.25) is 0 Å². The van der Waals surface area contributed by atoms with Crippen molar-refractivity contribution in [3.8, 4) is 0 Å². The molecule has 0 radical (unpaired) electrons. The zero-order valence-corrected chi connectivity index (χ0v) is 46.6. The Balaban J connectivity index is 1.63. The van der Waals surface area contributed by atoms with Gasteiger partial charge in [0.1, 0.15) is 37.9 Å².